The Balaban J connectivity index is 2.36. The summed E-state index contributed by atoms with van der Waals surface area (Å²) >= 11 is 0. The minimum absolute atomic E-state index is 0.124. The van der Waals surface area contributed by atoms with Crippen molar-refractivity contribution in [3.05, 3.63) is 0 Å². The largest absolute Gasteiger partial charge is 0.393 e. The number of sulfone groups is 1. The van der Waals surface area contributed by atoms with Crippen molar-refractivity contribution in [2.75, 3.05) is 12.3 Å². The minimum atomic E-state index is -3.24. The van der Waals surface area contributed by atoms with E-state index in [1.807, 2.05) is 0 Å². The zero-order valence-electron chi connectivity index (χ0n) is 10.2. The number of rotatable bonds is 5. The number of aliphatic hydroxyl groups is 1. The molecule has 1 heterocycles. The predicted molar refractivity (Wildman–Crippen MR) is 65.4 cm³/mol. The third-order valence-corrected chi connectivity index (χ3v) is 5.14. The zero-order valence-corrected chi connectivity index (χ0v) is 11.0. The highest BCUT2D eigenvalue weighted by molar-refractivity contribution is 7.92. The van der Waals surface area contributed by atoms with Gasteiger partial charge in [0.05, 0.1) is 11.9 Å². The lowest BCUT2D eigenvalue weighted by atomic mass is 10.1. The molecule has 2 N–H and O–H groups in total. The van der Waals surface area contributed by atoms with Gasteiger partial charge in [0.15, 0.2) is 9.84 Å². The van der Waals surface area contributed by atoms with Gasteiger partial charge < -0.3 is 10.4 Å². The average molecular weight is 263 g/mol. The summed E-state index contributed by atoms with van der Waals surface area (Å²) in [6.45, 7) is 2.11. The second-order valence-corrected chi connectivity index (χ2v) is 6.94. The SMILES string of the molecule is CC(O)CCCNC(=O)C1CCCCS1(=O)=O. The maximum absolute atomic E-state index is 11.7. The molecule has 1 amide bonds. The molecular weight excluding hydrogens is 242 g/mol. The van der Waals surface area contributed by atoms with E-state index >= 15 is 0 Å². The Labute approximate surface area is 103 Å². The molecule has 0 aromatic heterocycles. The van der Waals surface area contributed by atoms with Crippen LogP contribution in [-0.4, -0.2) is 43.1 Å². The third kappa shape index (κ3) is 4.63. The van der Waals surface area contributed by atoms with Gasteiger partial charge in [0.25, 0.3) is 0 Å². The lowest BCUT2D eigenvalue weighted by Crippen LogP contribution is -2.43. The molecule has 100 valence electrons. The first-order valence-electron chi connectivity index (χ1n) is 6.11. The Morgan fingerprint density at radius 3 is 2.76 bits per heavy atom. The highest BCUT2D eigenvalue weighted by Gasteiger charge is 2.34. The maximum Gasteiger partial charge on any atom is 0.238 e. The van der Waals surface area contributed by atoms with E-state index in [1.165, 1.54) is 0 Å². The standard InChI is InChI=1S/C11H21NO4S/c1-9(13)5-4-7-12-11(14)10-6-2-3-8-17(10,15)16/h9-10,13H,2-8H2,1H3,(H,12,14). The molecule has 6 heteroatoms. The van der Waals surface area contributed by atoms with Crippen LogP contribution >= 0.6 is 0 Å². The van der Waals surface area contributed by atoms with Gasteiger partial charge in [-0.3, -0.25) is 4.79 Å². The summed E-state index contributed by atoms with van der Waals surface area (Å²) in [6.07, 6.45) is 2.78. The molecule has 0 bridgehead atoms. The maximum atomic E-state index is 11.7. The van der Waals surface area contributed by atoms with Gasteiger partial charge in [-0.05, 0) is 32.6 Å². The zero-order chi connectivity index (χ0) is 12.9. The van der Waals surface area contributed by atoms with E-state index in [2.05, 4.69) is 5.32 Å². The number of amides is 1. The summed E-state index contributed by atoms with van der Waals surface area (Å²) in [7, 11) is -3.24. The van der Waals surface area contributed by atoms with Gasteiger partial charge in [-0.2, -0.15) is 0 Å². The fraction of sp³-hybridized carbons (Fsp3) is 0.909. The Hall–Kier alpha value is -0.620. The molecule has 2 atom stereocenters. The summed E-state index contributed by atoms with van der Waals surface area (Å²) in [4.78, 5) is 11.7. The van der Waals surface area contributed by atoms with Gasteiger partial charge in [-0.1, -0.05) is 6.42 Å². The van der Waals surface area contributed by atoms with E-state index in [4.69, 9.17) is 5.11 Å². The summed E-state index contributed by atoms with van der Waals surface area (Å²) in [5.74, 6) is -0.256. The molecule has 1 aliphatic heterocycles. The second-order valence-electron chi connectivity index (χ2n) is 4.63. The van der Waals surface area contributed by atoms with E-state index in [0.29, 0.717) is 32.2 Å². The van der Waals surface area contributed by atoms with E-state index in [1.54, 1.807) is 6.92 Å². The minimum Gasteiger partial charge on any atom is -0.393 e. The van der Waals surface area contributed by atoms with Crippen LogP contribution in [0.5, 0.6) is 0 Å². The molecule has 2 unspecified atom stereocenters. The number of hydrogen-bond donors (Lipinski definition) is 2. The molecule has 0 aromatic carbocycles. The van der Waals surface area contributed by atoms with Crippen LogP contribution in [0.4, 0.5) is 0 Å². The number of aliphatic hydroxyl groups excluding tert-OH is 1. The Bertz CT molecular complexity index is 350. The first-order chi connectivity index (χ1) is 7.93. The topological polar surface area (TPSA) is 83.5 Å². The number of carbonyl (C=O) groups is 1. The monoisotopic (exact) mass is 263 g/mol. The van der Waals surface area contributed by atoms with Crippen LogP contribution in [0.15, 0.2) is 0 Å². The van der Waals surface area contributed by atoms with Crippen LogP contribution in [0.1, 0.15) is 39.0 Å². The van der Waals surface area contributed by atoms with Crippen LogP contribution in [0.2, 0.25) is 0 Å². The van der Waals surface area contributed by atoms with Gasteiger partial charge >= 0.3 is 0 Å². The number of nitrogens with one attached hydrogen (secondary N) is 1. The van der Waals surface area contributed by atoms with E-state index in [-0.39, 0.29) is 17.8 Å². The van der Waals surface area contributed by atoms with Gasteiger partial charge in [0.2, 0.25) is 5.91 Å². The fourth-order valence-corrected chi connectivity index (χ4v) is 3.80. The quantitative estimate of drug-likeness (QED) is 0.696. The second kappa shape index (κ2) is 6.35. The predicted octanol–water partition coefficient (Wildman–Crippen LogP) is 0.231. The van der Waals surface area contributed by atoms with Crippen molar-refractivity contribution in [2.24, 2.45) is 0 Å². The molecule has 1 rings (SSSR count). The third-order valence-electron chi connectivity index (χ3n) is 2.97. The molecule has 5 nitrogen and oxygen atoms in total. The molecule has 0 aliphatic carbocycles. The molecule has 17 heavy (non-hydrogen) atoms. The first-order valence-corrected chi connectivity index (χ1v) is 7.82. The van der Waals surface area contributed by atoms with E-state index in [9.17, 15) is 13.2 Å². The van der Waals surface area contributed by atoms with Crippen molar-refractivity contribution >= 4 is 15.7 Å². The smallest absolute Gasteiger partial charge is 0.238 e. The Morgan fingerprint density at radius 2 is 2.18 bits per heavy atom. The average Bonchev–Trinajstić information content (AvgIpc) is 2.23. The van der Waals surface area contributed by atoms with Crippen molar-refractivity contribution < 1.29 is 18.3 Å². The highest BCUT2D eigenvalue weighted by Crippen LogP contribution is 2.19. The summed E-state index contributed by atoms with van der Waals surface area (Å²) in [5, 5.41) is 10.8. The van der Waals surface area contributed by atoms with Gasteiger partial charge in [0, 0.05) is 6.54 Å². The van der Waals surface area contributed by atoms with Gasteiger partial charge in [-0.15, -0.1) is 0 Å². The molecule has 0 spiro atoms. The summed E-state index contributed by atoms with van der Waals surface area (Å²) in [6, 6.07) is 0. The van der Waals surface area contributed by atoms with Crippen LogP contribution in [0.3, 0.4) is 0 Å². The van der Waals surface area contributed by atoms with Crippen LogP contribution in [0, 0.1) is 0 Å². The van der Waals surface area contributed by atoms with Crippen LogP contribution in [0.25, 0.3) is 0 Å². The van der Waals surface area contributed by atoms with Crippen LogP contribution < -0.4 is 5.32 Å². The van der Waals surface area contributed by atoms with Crippen molar-refractivity contribution in [1.82, 2.24) is 5.32 Å². The molecule has 0 aromatic rings. The molecular formula is C11H21NO4S. The highest BCUT2D eigenvalue weighted by atomic mass is 32.2. The number of hydrogen-bond acceptors (Lipinski definition) is 4. The Morgan fingerprint density at radius 1 is 1.47 bits per heavy atom. The van der Waals surface area contributed by atoms with Crippen molar-refractivity contribution in [1.29, 1.82) is 0 Å². The molecule has 1 saturated heterocycles. The van der Waals surface area contributed by atoms with Crippen molar-refractivity contribution in [2.45, 2.75) is 50.4 Å². The fourth-order valence-electron chi connectivity index (χ4n) is 1.97. The molecule has 0 radical (unpaired) electrons. The van der Waals surface area contributed by atoms with Crippen molar-refractivity contribution in [3.8, 4) is 0 Å². The van der Waals surface area contributed by atoms with E-state index in [0.717, 1.165) is 6.42 Å². The molecule has 1 aliphatic rings. The van der Waals surface area contributed by atoms with Crippen molar-refractivity contribution in [3.63, 3.8) is 0 Å². The Kier molecular flexibility index (Phi) is 5.39. The van der Waals surface area contributed by atoms with E-state index < -0.39 is 15.1 Å². The first kappa shape index (κ1) is 14.4. The van der Waals surface area contributed by atoms with Gasteiger partial charge in [0.1, 0.15) is 5.25 Å². The normalized spacial score (nSPS) is 25.2. The molecule has 0 saturated carbocycles. The summed E-state index contributed by atoms with van der Waals surface area (Å²) in [5.41, 5.74) is 0. The summed E-state index contributed by atoms with van der Waals surface area (Å²) < 4.78 is 23.3. The lowest BCUT2D eigenvalue weighted by Gasteiger charge is -2.21. The lowest BCUT2D eigenvalue weighted by molar-refractivity contribution is -0.120. The van der Waals surface area contributed by atoms with Gasteiger partial charge in [-0.25, -0.2) is 8.42 Å². The van der Waals surface area contributed by atoms with Crippen LogP contribution in [-0.2, 0) is 14.6 Å². The molecule has 1 fully saturated rings. The number of carbonyl (C=O) groups excluding carboxylic acids is 1.